The number of pyridine rings is 1. The maximum Gasteiger partial charge on any atom is 0.412 e. The van der Waals surface area contributed by atoms with Crippen LogP contribution in [0.5, 0.6) is 0 Å². The predicted octanol–water partition coefficient (Wildman–Crippen LogP) is 3.94. The number of carbonyl (C=O) groups is 2. The van der Waals surface area contributed by atoms with Gasteiger partial charge in [-0.2, -0.15) is 5.10 Å². The second kappa shape index (κ2) is 8.31. The van der Waals surface area contributed by atoms with Crippen molar-refractivity contribution >= 4 is 46.7 Å². The summed E-state index contributed by atoms with van der Waals surface area (Å²) < 4.78 is 48.8. The molecule has 0 unspecified atom stereocenters. The minimum absolute atomic E-state index is 0.0571. The van der Waals surface area contributed by atoms with Crippen LogP contribution >= 0.6 is 23.2 Å². The Kier molecular flexibility index (Phi) is 5.52. The maximum absolute atomic E-state index is 14.9. The third-order valence-electron chi connectivity index (χ3n) is 5.91. The molecule has 0 aliphatic carbocycles. The van der Waals surface area contributed by atoms with Gasteiger partial charge in [0.15, 0.2) is 17.2 Å². The van der Waals surface area contributed by atoms with E-state index in [2.05, 4.69) is 15.4 Å². The molecule has 1 fully saturated rings. The largest absolute Gasteiger partial charge is 0.436 e. The molecule has 9 nitrogen and oxygen atoms in total. The minimum atomic E-state index is -1.43. The van der Waals surface area contributed by atoms with E-state index in [1.54, 1.807) is 0 Å². The summed E-state index contributed by atoms with van der Waals surface area (Å²) >= 11 is 12.1. The number of anilines is 2. The minimum Gasteiger partial charge on any atom is -0.436 e. The van der Waals surface area contributed by atoms with Gasteiger partial charge in [0.2, 0.25) is 5.91 Å². The highest BCUT2D eigenvalue weighted by Crippen LogP contribution is 2.45. The molecule has 0 radical (unpaired) electrons. The van der Waals surface area contributed by atoms with Gasteiger partial charge in [-0.25, -0.2) is 27.6 Å². The molecule has 0 saturated carbocycles. The van der Waals surface area contributed by atoms with Crippen molar-refractivity contribution in [2.24, 2.45) is 0 Å². The number of nitrogens with zero attached hydrogens (tertiary/aromatic N) is 4. The number of halogens is 5. The van der Waals surface area contributed by atoms with E-state index in [0.717, 1.165) is 10.9 Å². The fourth-order valence-corrected chi connectivity index (χ4v) is 4.67. The summed E-state index contributed by atoms with van der Waals surface area (Å²) in [7, 11) is 0. The number of fused-ring (bicyclic) bond motifs is 2. The first-order valence-electron chi connectivity index (χ1n) is 10.2. The molecule has 5 rings (SSSR count). The standard InChI is InChI=1S/C21H15Cl2F3N6O3/c22-10-1-2-12-14(16(10)26)21(35-20(34)29-12)3-4-31(8-21)13(33)7-32-19(27)15(23)18(30-32)17-11(25)5-9(24)6-28-17/h1-2,5-6H,3-4,7-8,27H2,(H,29,34)/t21-/m0/s1. The van der Waals surface area contributed by atoms with Gasteiger partial charge >= 0.3 is 6.09 Å². The Bertz CT molecular complexity index is 1400. The molecule has 2 aliphatic rings. The summed E-state index contributed by atoms with van der Waals surface area (Å²) in [4.78, 5) is 30.2. The van der Waals surface area contributed by atoms with E-state index in [1.165, 1.54) is 17.0 Å². The van der Waals surface area contributed by atoms with Crippen LogP contribution in [0.2, 0.25) is 10.0 Å². The van der Waals surface area contributed by atoms with Crippen molar-refractivity contribution < 1.29 is 27.5 Å². The number of benzene rings is 1. The summed E-state index contributed by atoms with van der Waals surface area (Å²) in [6, 6.07) is 3.39. The van der Waals surface area contributed by atoms with Crippen LogP contribution in [-0.4, -0.2) is 44.8 Å². The van der Waals surface area contributed by atoms with Crippen LogP contribution in [0, 0.1) is 17.5 Å². The van der Waals surface area contributed by atoms with Gasteiger partial charge in [-0.15, -0.1) is 0 Å². The van der Waals surface area contributed by atoms with Crippen LogP contribution in [0.4, 0.5) is 29.5 Å². The number of nitrogens with two attached hydrogens (primary N) is 1. The highest BCUT2D eigenvalue weighted by Gasteiger charge is 2.50. The molecule has 14 heteroatoms. The Labute approximate surface area is 205 Å². The van der Waals surface area contributed by atoms with Gasteiger partial charge in [-0.05, 0) is 12.1 Å². The smallest absolute Gasteiger partial charge is 0.412 e. The van der Waals surface area contributed by atoms with Gasteiger partial charge in [-0.1, -0.05) is 23.2 Å². The van der Waals surface area contributed by atoms with E-state index in [-0.39, 0.29) is 58.0 Å². The van der Waals surface area contributed by atoms with Gasteiger partial charge in [0.1, 0.15) is 34.6 Å². The fraction of sp³-hybridized carbons (Fsp3) is 0.238. The third-order valence-corrected chi connectivity index (χ3v) is 6.57. The van der Waals surface area contributed by atoms with E-state index in [1.807, 2.05) is 0 Å². The number of ether oxygens (including phenoxy) is 1. The number of nitrogens with one attached hydrogen (secondary N) is 1. The fourth-order valence-electron chi connectivity index (χ4n) is 4.29. The number of hydrogen-bond acceptors (Lipinski definition) is 6. The van der Waals surface area contributed by atoms with Crippen LogP contribution < -0.4 is 11.1 Å². The number of aromatic nitrogens is 3. The molecule has 1 aromatic carbocycles. The first-order chi connectivity index (χ1) is 16.6. The van der Waals surface area contributed by atoms with Crippen molar-refractivity contribution in [2.75, 3.05) is 24.1 Å². The molecular formula is C21H15Cl2F3N6O3. The summed E-state index contributed by atoms with van der Waals surface area (Å²) in [6.45, 7) is -0.408. The van der Waals surface area contributed by atoms with Crippen LogP contribution in [-0.2, 0) is 21.7 Å². The maximum atomic E-state index is 14.9. The van der Waals surface area contributed by atoms with Crippen molar-refractivity contribution in [3.05, 3.63) is 57.5 Å². The number of rotatable bonds is 3. The molecule has 3 N–H and O–H groups in total. The molecule has 2 amide bonds. The van der Waals surface area contributed by atoms with Crippen molar-refractivity contribution in [1.29, 1.82) is 0 Å². The van der Waals surface area contributed by atoms with E-state index < -0.39 is 41.6 Å². The van der Waals surface area contributed by atoms with Crippen molar-refractivity contribution in [2.45, 2.75) is 18.6 Å². The second-order valence-corrected chi connectivity index (χ2v) is 8.83. The first-order valence-corrected chi connectivity index (χ1v) is 10.9. The van der Waals surface area contributed by atoms with Crippen LogP contribution in [0.25, 0.3) is 11.4 Å². The number of nitrogen functional groups attached to an aromatic ring is 1. The van der Waals surface area contributed by atoms with Crippen molar-refractivity contribution in [3.8, 4) is 11.4 Å². The van der Waals surface area contributed by atoms with Crippen LogP contribution in [0.15, 0.2) is 24.4 Å². The van der Waals surface area contributed by atoms with Gasteiger partial charge < -0.3 is 15.4 Å². The molecule has 1 saturated heterocycles. The second-order valence-electron chi connectivity index (χ2n) is 8.05. The lowest BCUT2D eigenvalue weighted by molar-refractivity contribution is -0.132. The number of amides is 2. The summed E-state index contributed by atoms with van der Waals surface area (Å²) in [5.41, 5.74) is 4.29. The summed E-state index contributed by atoms with van der Waals surface area (Å²) in [5.74, 6) is -3.27. The molecule has 3 aromatic rings. The Balaban J connectivity index is 1.41. The normalized spacial score (nSPS) is 19.0. The monoisotopic (exact) mass is 526 g/mol. The number of likely N-dealkylation sites (tertiary alicyclic amines) is 1. The topological polar surface area (TPSA) is 115 Å². The quantitative estimate of drug-likeness (QED) is 0.534. The Morgan fingerprint density at radius 1 is 1.26 bits per heavy atom. The lowest BCUT2D eigenvalue weighted by atomic mass is 9.89. The van der Waals surface area contributed by atoms with Gasteiger partial charge in [0, 0.05) is 19.0 Å². The van der Waals surface area contributed by atoms with E-state index in [4.69, 9.17) is 33.7 Å². The lowest BCUT2D eigenvalue weighted by Gasteiger charge is -2.35. The Morgan fingerprint density at radius 3 is 2.77 bits per heavy atom. The Morgan fingerprint density at radius 2 is 2.03 bits per heavy atom. The highest BCUT2D eigenvalue weighted by atomic mass is 35.5. The van der Waals surface area contributed by atoms with E-state index in [0.29, 0.717) is 6.07 Å². The Hall–Kier alpha value is -3.51. The predicted molar refractivity (Wildman–Crippen MR) is 119 cm³/mol. The average molecular weight is 527 g/mol. The third kappa shape index (κ3) is 3.82. The van der Waals surface area contributed by atoms with Crippen molar-refractivity contribution in [1.82, 2.24) is 19.7 Å². The lowest BCUT2D eigenvalue weighted by Crippen LogP contribution is -2.44. The zero-order chi connectivity index (χ0) is 25.1. The molecule has 1 spiro atoms. The highest BCUT2D eigenvalue weighted by molar-refractivity contribution is 6.35. The summed E-state index contributed by atoms with van der Waals surface area (Å²) in [6.07, 6.45) is 0.138. The van der Waals surface area contributed by atoms with Crippen molar-refractivity contribution in [3.63, 3.8) is 0 Å². The van der Waals surface area contributed by atoms with Crippen LogP contribution in [0.1, 0.15) is 12.0 Å². The average Bonchev–Trinajstić information content (AvgIpc) is 3.33. The molecule has 1 atom stereocenters. The zero-order valence-electron chi connectivity index (χ0n) is 17.6. The molecule has 4 heterocycles. The van der Waals surface area contributed by atoms with Gasteiger partial charge in [-0.3, -0.25) is 10.1 Å². The summed E-state index contributed by atoms with van der Waals surface area (Å²) in [5, 5.41) is 6.20. The van der Waals surface area contributed by atoms with E-state index in [9.17, 15) is 22.8 Å². The van der Waals surface area contributed by atoms with E-state index >= 15 is 0 Å². The molecular weight excluding hydrogens is 512 g/mol. The number of hydrogen-bond donors (Lipinski definition) is 2. The van der Waals surface area contributed by atoms with Gasteiger partial charge in [0.25, 0.3) is 0 Å². The zero-order valence-corrected chi connectivity index (χ0v) is 19.1. The molecule has 35 heavy (non-hydrogen) atoms. The van der Waals surface area contributed by atoms with Crippen LogP contribution in [0.3, 0.4) is 0 Å². The number of carbonyl (C=O) groups excluding carboxylic acids is 2. The molecule has 2 aromatic heterocycles. The first kappa shape index (κ1) is 23.2. The molecule has 0 bridgehead atoms. The molecule has 2 aliphatic heterocycles. The van der Waals surface area contributed by atoms with Gasteiger partial charge in [0.05, 0.1) is 29.0 Å². The molecule has 182 valence electrons. The SMILES string of the molecule is Nc1c(Cl)c(-c2ncc(F)cc2F)nn1CC(=O)N1CC[C@@]2(C1)OC(=O)Nc1ccc(Cl)c(F)c12.